The first kappa shape index (κ1) is 20.3. The summed E-state index contributed by atoms with van der Waals surface area (Å²) in [6.45, 7) is 0. The van der Waals surface area contributed by atoms with Crippen molar-refractivity contribution in [2.24, 2.45) is 5.92 Å². The highest BCUT2D eigenvalue weighted by Crippen LogP contribution is 2.54. The lowest BCUT2D eigenvalue weighted by atomic mass is 9.83. The van der Waals surface area contributed by atoms with Gasteiger partial charge >= 0.3 is 0 Å². The number of anilines is 1. The number of hydrogen-bond donors (Lipinski definition) is 1. The van der Waals surface area contributed by atoms with Crippen LogP contribution in [-0.2, 0) is 9.59 Å². The average Bonchev–Trinajstić information content (AvgIpc) is 3.28. The third-order valence-corrected chi connectivity index (χ3v) is 8.36. The zero-order valence-electron chi connectivity index (χ0n) is 16.7. The van der Waals surface area contributed by atoms with E-state index in [0.717, 1.165) is 15.5 Å². The first-order valence-electron chi connectivity index (χ1n) is 9.58. The lowest BCUT2D eigenvalue weighted by Gasteiger charge is -2.30. The van der Waals surface area contributed by atoms with E-state index in [0.29, 0.717) is 21.1 Å². The highest BCUT2D eigenvalue weighted by atomic mass is 32.2. The Morgan fingerprint density at radius 2 is 1.74 bits per heavy atom. The van der Waals surface area contributed by atoms with Crippen molar-refractivity contribution in [1.29, 1.82) is 0 Å². The summed E-state index contributed by atoms with van der Waals surface area (Å²) in [5, 5.41) is 0.325. The molecule has 3 heterocycles. The second-order valence-corrected chi connectivity index (χ2v) is 10.1. The maximum atomic E-state index is 13.6. The van der Waals surface area contributed by atoms with E-state index in [4.69, 9.17) is 21.7 Å². The summed E-state index contributed by atoms with van der Waals surface area (Å²) in [5.74, 6) is -0.0676. The van der Waals surface area contributed by atoms with Crippen molar-refractivity contribution in [2.75, 3.05) is 19.1 Å². The van der Waals surface area contributed by atoms with Crippen LogP contribution in [0, 0.1) is 9.87 Å². The van der Waals surface area contributed by atoms with Gasteiger partial charge < -0.3 is 14.5 Å². The van der Waals surface area contributed by atoms with Gasteiger partial charge in [-0.15, -0.1) is 11.3 Å². The minimum atomic E-state index is -0.537. The van der Waals surface area contributed by atoms with Crippen LogP contribution in [0.25, 0.3) is 0 Å². The van der Waals surface area contributed by atoms with Crippen molar-refractivity contribution in [3.63, 3.8) is 0 Å². The Morgan fingerprint density at radius 3 is 2.45 bits per heavy atom. The zero-order valence-corrected chi connectivity index (χ0v) is 19.1. The predicted octanol–water partition coefficient (Wildman–Crippen LogP) is 4.62. The van der Waals surface area contributed by atoms with E-state index in [2.05, 4.69) is 4.98 Å². The van der Waals surface area contributed by atoms with Gasteiger partial charge in [0.1, 0.15) is 5.25 Å². The minimum Gasteiger partial charge on any atom is -0.493 e. The number of imide groups is 1. The second-order valence-electron chi connectivity index (χ2n) is 7.21. The summed E-state index contributed by atoms with van der Waals surface area (Å²) in [6, 6.07) is 14.7. The molecule has 0 saturated carbocycles. The zero-order chi connectivity index (χ0) is 21.7. The van der Waals surface area contributed by atoms with Gasteiger partial charge in [0.2, 0.25) is 11.8 Å². The van der Waals surface area contributed by atoms with E-state index in [1.165, 1.54) is 28.0 Å². The van der Waals surface area contributed by atoms with Crippen molar-refractivity contribution >= 4 is 52.8 Å². The Kier molecular flexibility index (Phi) is 5.11. The number of H-pyrrole nitrogens is 1. The van der Waals surface area contributed by atoms with Gasteiger partial charge in [-0.1, -0.05) is 36.0 Å². The molecule has 0 radical (unpaired) electrons. The predicted molar refractivity (Wildman–Crippen MR) is 123 cm³/mol. The van der Waals surface area contributed by atoms with Gasteiger partial charge in [-0.2, -0.15) is 0 Å². The number of thioether (sulfide) groups is 1. The van der Waals surface area contributed by atoms with Crippen LogP contribution in [0.15, 0.2) is 53.6 Å². The highest BCUT2D eigenvalue weighted by Gasteiger charge is 2.56. The largest absolute Gasteiger partial charge is 0.493 e. The lowest BCUT2D eigenvalue weighted by Crippen LogP contribution is -2.32. The Hall–Kier alpha value is -2.62. The fourth-order valence-electron chi connectivity index (χ4n) is 4.25. The number of fused-ring (bicyclic) bond motifs is 2. The van der Waals surface area contributed by atoms with E-state index < -0.39 is 11.2 Å². The first-order chi connectivity index (χ1) is 15.0. The van der Waals surface area contributed by atoms with Crippen molar-refractivity contribution in [3.05, 3.63) is 62.9 Å². The standard InChI is InChI=1S/C22H18N2O4S3/c1-27-13-9-8-11(10-14(13)28-2)15-16-18(30-19-17(15)31-22(29)23-19)21(26)24(20(16)25)12-6-4-3-5-7-12/h3-10,15-16,18H,1-2H3,(H,23,29). The lowest BCUT2D eigenvalue weighted by molar-refractivity contribution is -0.122. The summed E-state index contributed by atoms with van der Waals surface area (Å²) < 4.78 is 11.5. The molecule has 5 rings (SSSR count). The SMILES string of the molecule is COc1ccc(C2c3sc(=S)[nH]c3SC3C(=O)N(c4ccccc4)C(=O)C32)cc1OC. The van der Waals surface area contributed by atoms with Crippen LogP contribution in [0.2, 0.25) is 0 Å². The summed E-state index contributed by atoms with van der Waals surface area (Å²) in [4.78, 5) is 32.5. The van der Waals surface area contributed by atoms with Gasteiger partial charge in [-0.3, -0.25) is 9.59 Å². The van der Waals surface area contributed by atoms with E-state index in [1.54, 1.807) is 26.4 Å². The number of carbonyl (C=O) groups is 2. The highest BCUT2D eigenvalue weighted by molar-refractivity contribution is 8.01. The molecule has 0 bridgehead atoms. The molecule has 158 valence electrons. The molecule has 2 amide bonds. The second kappa shape index (κ2) is 7.81. The quantitative estimate of drug-likeness (QED) is 0.443. The molecule has 3 unspecified atom stereocenters. The van der Waals surface area contributed by atoms with Gasteiger partial charge in [0.25, 0.3) is 0 Å². The molecule has 1 aromatic heterocycles. The molecule has 0 spiro atoms. The molecule has 2 aliphatic heterocycles. The molecule has 3 aromatic rings. The molecule has 1 saturated heterocycles. The number of hydrogen-bond acceptors (Lipinski definition) is 7. The molecule has 9 heteroatoms. The molecule has 1 N–H and O–H groups in total. The summed E-state index contributed by atoms with van der Waals surface area (Å²) in [6.07, 6.45) is 0. The number of nitrogens with one attached hydrogen (secondary N) is 1. The number of carbonyl (C=O) groups excluding carboxylic acids is 2. The number of amides is 2. The summed E-state index contributed by atoms with van der Waals surface area (Å²) >= 11 is 8.23. The average molecular weight is 471 g/mol. The number of thiazole rings is 1. The van der Waals surface area contributed by atoms with Gasteiger partial charge in [0.05, 0.1) is 30.9 Å². The van der Waals surface area contributed by atoms with Gasteiger partial charge in [0, 0.05) is 10.8 Å². The maximum Gasteiger partial charge on any atom is 0.248 e. The topological polar surface area (TPSA) is 71.6 Å². The molecule has 6 nitrogen and oxygen atoms in total. The molecule has 3 atom stereocenters. The number of rotatable bonds is 4. The number of methoxy groups -OCH3 is 2. The first-order valence-corrected chi connectivity index (χ1v) is 11.7. The number of aromatic amines is 1. The number of para-hydroxylation sites is 1. The molecular formula is C22H18N2O4S3. The van der Waals surface area contributed by atoms with Crippen LogP contribution in [0.4, 0.5) is 5.69 Å². The Labute approximate surface area is 192 Å². The fourth-order valence-corrected chi connectivity index (χ4v) is 7.21. The van der Waals surface area contributed by atoms with E-state index >= 15 is 0 Å². The van der Waals surface area contributed by atoms with Crippen molar-refractivity contribution in [3.8, 4) is 11.5 Å². The van der Waals surface area contributed by atoms with Crippen LogP contribution in [0.1, 0.15) is 16.4 Å². The van der Waals surface area contributed by atoms with Crippen molar-refractivity contribution < 1.29 is 19.1 Å². The third-order valence-electron chi connectivity index (χ3n) is 5.61. The van der Waals surface area contributed by atoms with Crippen LogP contribution < -0.4 is 14.4 Å². The van der Waals surface area contributed by atoms with E-state index in [9.17, 15) is 9.59 Å². The number of ether oxygens (including phenoxy) is 2. The minimum absolute atomic E-state index is 0.196. The van der Waals surface area contributed by atoms with E-state index in [1.807, 2.05) is 36.4 Å². The Morgan fingerprint density at radius 1 is 1.00 bits per heavy atom. The van der Waals surface area contributed by atoms with Crippen LogP contribution in [0.5, 0.6) is 11.5 Å². The number of nitrogens with zero attached hydrogens (tertiary/aromatic N) is 1. The van der Waals surface area contributed by atoms with Gasteiger partial charge in [0.15, 0.2) is 15.5 Å². The van der Waals surface area contributed by atoms with Crippen molar-refractivity contribution in [2.45, 2.75) is 16.2 Å². The monoisotopic (exact) mass is 470 g/mol. The molecular weight excluding hydrogens is 452 g/mol. The molecule has 0 aliphatic carbocycles. The number of benzene rings is 2. The third kappa shape index (κ3) is 3.19. The molecule has 2 aromatic carbocycles. The fraction of sp³-hybridized carbons (Fsp3) is 0.227. The molecule has 1 fully saturated rings. The van der Waals surface area contributed by atoms with Crippen LogP contribution in [0.3, 0.4) is 0 Å². The Balaban J connectivity index is 1.66. The Bertz CT molecular complexity index is 1240. The smallest absolute Gasteiger partial charge is 0.248 e. The molecule has 2 aliphatic rings. The van der Waals surface area contributed by atoms with E-state index in [-0.39, 0.29) is 17.7 Å². The van der Waals surface area contributed by atoms with Crippen molar-refractivity contribution in [1.82, 2.24) is 4.98 Å². The maximum absolute atomic E-state index is 13.6. The van der Waals surface area contributed by atoms with Crippen LogP contribution in [-0.4, -0.2) is 36.3 Å². The normalized spacial score (nSPS) is 22.3. The molecule has 31 heavy (non-hydrogen) atoms. The van der Waals surface area contributed by atoms with Gasteiger partial charge in [-0.25, -0.2) is 4.90 Å². The summed E-state index contributed by atoms with van der Waals surface area (Å²) in [5.41, 5.74) is 1.48. The number of aromatic nitrogens is 1. The van der Waals surface area contributed by atoms with Gasteiger partial charge in [-0.05, 0) is 42.0 Å². The van der Waals surface area contributed by atoms with Crippen LogP contribution >= 0.6 is 35.3 Å². The summed E-state index contributed by atoms with van der Waals surface area (Å²) in [7, 11) is 3.16.